The molecule has 3 heteroatoms. The normalized spacial score (nSPS) is 12.1. The van der Waals surface area contributed by atoms with E-state index < -0.39 is 0 Å². The molecule has 0 aliphatic rings. The van der Waals surface area contributed by atoms with Crippen LogP contribution in [0.25, 0.3) is 0 Å². The third-order valence-electron chi connectivity index (χ3n) is 2.46. The fraction of sp³-hybridized carbons (Fsp3) is 0.929. The minimum Gasteiger partial charge on any atom is -0.381 e. The lowest BCUT2D eigenvalue weighted by Gasteiger charge is -2.17. The fourth-order valence-electron chi connectivity index (χ4n) is 1.08. The van der Waals surface area contributed by atoms with Crippen LogP contribution in [-0.2, 0) is 14.3 Å². The first-order valence-electron chi connectivity index (χ1n) is 6.51. The van der Waals surface area contributed by atoms with Crippen molar-refractivity contribution < 1.29 is 14.3 Å². The Hall–Kier alpha value is -0.410. The van der Waals surface area contributed by atoms with Crippen LogP contribution < -0.4 is 0 Å². The van der Waals surface area contributed by atoms with E-state index in [2.05, 4.69) is 20.8 Å². The summed E-state index contributed by atoms with van der Waals surface area (Å²) in [5.41, 5.74) is 0.334. The van der Waals surface area contributed by atoms with Gasteiger partial charge in [-0.3, -0.25) is 4.79 Å². The summed E-state index contributed by atoms with van der Waals surface area (Å²) in [4.78, 5) is 11.2. The number of Topliss-reactive ketones (excluding diaryl/α,β-unsaturated/α-hetero) is 1. The zero-order valence-electron chi connectivity index (χ0n) is 12.0. The zero-order valence-corrected chi connectivity index (χ0v) is 12.0. The van der Waals surface area contributed by atoms with Crippen LogP contribution in [0.1, 0.15) is 47.5 Å². The third kappa shape index (κ3) is 11.8. The van der Waals surface area contributed by atoms with Crippen LogP contribution in [0.4, 0.5) is 0 Å². The second-order valence-corrected chi connectivity index (χ2v) is 5.95. The molecule has 0 amide bonds. The van der Waals surface area contributed by atoms with Crippen LogP contribution in [-0.4, -0.2) is 32.2 Å². The Labute approximate surface area is 106 Å². The van der Waals surface area contributed by atoms with Crippen molar-refractivity contribution in [1.29, 1.82) is 0 Å². The van der Waals surface area contributed by atoms with Gasteiger partial charge in [-0.2, -0.15) is 0 Å². The Bertz CT molecular complexity index is 204. The first kappa shape index (κ1) is 16.6. The highest BCUT2D eigenvalue weighted by molar-refractivity contribution is 5.81. The van der Waals surface area contributed by atoms with Crippen LogP contribution in [0.15, 0.2) is 0 Å². The monoisotopic (exact) mass is 244 g/mol. The predicted octanol–water partition coefficient (Wildman–Crippen LogP) is 3.07. The minimum atomic E-state index is 0.0676. The second kappa shape index (κ2) is 8.65. The lowest BCUT2D eigenvalue weighted by molar-refractivity contribution is -0.126. The standard InChI is InChI=1S/C14H28O3/c1-12(2)13(15)11-17-9-6-8-16-10-7-14(3,4)5/h12H,6-11H2,1-5H3. The summed E-state index contributed by atoms with van der Waals surface area (Å²) >= 11 is 0. The van der Waals surface area contributed by atoms with E-state index in [1.54, 1.807) is 0 Å². The Morgan fingerprint density at radius 1 is 1.06 bits per heavy atom. The summed E-state index contributed by atoms with van der Waals surface area (Å²) in [6, 6.07) is 0. The molecule has 0 aromatic heterocycles. The quantitative estimate of drug-likeness (QED) is 0.585. The smallest absolute Gasteiger partial charge is 0.160 e. The molecule has 0 unspecified atom stereocenters. The molecular weight excluding hydrogens is 216 g/mol. The van der Waals surface area contributed by atoms with Crippen molar-refractivity contribution in [2.24, 2.45) is 11.3 Å². The Morgan fingerprint density at radius 3 is 2.18 bits per heavy atom. The number of carbonyl (C=O) groups is 1. The van der Waals surface area contributed by atoms with E-state index in [9.17, 15) is 4.79 Å². The molecule has 0 saturated carbocycles. The van der Waals surface area contributed by atoms with E-state index in [0.717, 1.165) is 19.4 Å². The van der Waals surface area contributed by atoms with Gasteiger partial charge in [0.2, 0.25) is 0 Å². The molecule has 3 nitrogen and oxygen atoms in total. The molecule has 0 bridgehead atoms. The van der Waals surface area contributed by atoms with Crippen molar-refractivity contribution in [3.8, 4) is 0 Å². The van der Waals surface area contributed by atoms with Crippen LogP contribution >= 0.6 is 0 Å². The van der Waals surface area contributed by atoms with E-state index >= 15 is 0 Å². The van der Waals surface area contributed by atoms with Gasteiger partial charge in [-0.1, -0.05) is 34.6 Å². The van der Waals surface area contributed by atoms with Crippen molar-refractivity contribution in [3.05, 3.63) is 0 Å². The van der Waals surface area contributed by atoms with Gasteiger partial charge in [-0.15, -0.1) is 0 Å². The van der Waals surface area contributed by atoms with Crippen LogP contribution in [0.5, 0.6) is 0 Å². The number of hydrogen-bond acceptors (Lipinski definition) is 3. The summed E-state index contributed by atoms with van der Waals surface area (Å²) in [5, 5.41) is 0. The van der Waals surface area contributed by atoms with E-state index in [4.69, 9.17) is 9.47 Å². The number of hydrogen-bond donors (Lipinski definition) is 0. The number of carbonyl (C=O) groups excluding carboxylic acids is 1. The van der Waals surface area contributed by atoms with E-state index in [1.807, 2.05) is 13.8 Å². The summed E-state index contributed by atoms with van der Waals surface area (Å²) in [5.74, 6) is 0.233. The first-order chi connectivity index (χ1) is 7.83. The molecule has 0 N–H and O–H groups in total. The highest BCUT2D eigenvalue weighted by Crippen LogP contribution is 2.17. The molecule has 0 heterocycles. The molecule has 0 rings (SSSR count). The van der Waals surface area contributed by atoms with E-state index in [-0.39, 0.29) is 18.3 Å². The van der Waals surface area contributed by atoms with Crippen molar-refractivity contribution in [3.63, 3.8) is 0 Å². The van der Waals surface area contributed by atoms with Gasteiger partial charge in [0.25, 0.3) is 0 Å². The summed E-state index contributed by atoms with van der Waals surface area (Å²) in [6.45, 7) is 12.8. The van der Waals surface area contributed by atoms with E-state index in [0.29, 0.717) is 18.6 Å². The summed E-state index contributed by atoms with van der Waals surface area (Å²) < 4.78 is 10.8. The molecule has 0 fully saturated rings. The molecule has 0 aromatic carbocycles. The van der Waals surface area contributed by atoms with Crippen molar-refractivity contribution in [2.75, 3.05) is 26.4 Å². The Kier molecular flexibility index (Phi) is 8.44. The van der Waals surface area contributed by atoms with Gasteiger partial charge >= 0.3 is 0 Å². The molecular formula is C14H28O3. The third-order valence-corrected chi connectivity index (χ3v) is 2.46. The maximum Gasteiger partial charge on any atom is 0.160 e. The van der Waals surface area contributed by atoms with Crippen molar-refractivity contribution in [2.45, 2.75) is 47.5 Å². The molecule has 102 valence electrons. The Morgan fingerprint density at radius 2 is 1.65 bits per heavy atom. The lowest BCUT2D eigenvalue weighted by atomic mass is 9.93. The molecule has 0 atom stereocenters. The average molecular weight is 244 g/mol. The molecule has 0 radical (unpaired) electrons. The van der Waals surface area contributed by atoms with Crippen LogP contribution in [0, 0.1) is 11.3 Å². The maximum atomic E-state index is 11.2. The van der Waals surface area contributed by atoms with Gasteiger partial charge in [0, 0.05) is 25.7 Å². The molecule has 0 aromatic rings. The van der Waals surface area contributed by atoms with Gasteiger partial charge in [-0.05, 0) is 18.3 Å². The van der Waals surface area contributed by atoms with Crippen LogP contribution in [0.2, 0.25) is 0 Å². The SMILES string of the molecule is CC(C)C(=O)COCCCOCCC(C)(C)C. The van der Waals surface area contributed by atoms with Gasteiger partial charge in [0.15, 0.2) is 5.78 Å². The number of rotatable bonds is 9. The number of ketones is 1. The topological polar surface area (TPSA) is 35.5 Å². The van der Waals surface area contributed by atoms with E-state index in [1.165, 1.54) is 0 Å². The minimum absolute atomic E-state index is 0.0676. The lowest BCUT2D eigenvalue weighted by Crippen LogP contribution is -2.16. The molecule has 0 spiro atoms. The molecule has 17 heavy (non-hydrogen) atoms. The second-order valence-electron chi connectivity index (χ2n) is 5.95. The fourth-order valence-corrected chi connectivity index (χ4v) is 1.08. The zero-order chi connectivity index (χ0) is 13.3. The van der Waals surface area contributed by atoms with Crippen LogP contribution in [0.3, 0.4) is 0 Å². The Balaban J connectivity index is 3.22. The summed E-state index contributed by atoms with van der Waals surface area (Å²) in [7, 11) is 0. The molecule has 0 aliphatic carbocycles. The maximum absolute atomic E-state index is 11.2. The predicted molar refractivity (Wildman–Crippen MR) is 70.2 cm³/mol. The molecule has 0 aliphatic heterocycles. The van der Waals surface area contributed by atoms with Gasteiger partial charge in [0.1, 0.15) is 6.61 Å². The highest BCUT2D eigenvalue weighted by atomic mass is 16.5. The van der Waals surface area contributed by atoms with Gasteiger partial charge < -0.3 is 9.47 Å². The first-order valence-corrected chi connectivity index (χ1v) is 6.51. The highest BCUT2D eigenvalue weighted by Gasteiger charge is 2.09. The van der Waals surface area contributed by atoms with Crippen molar-refractivity contribution >= 4 is 5.78 Å². The largest absolute Gasteiger partial charge is 0.381 e. The van der Waals surface area contributed by atoms with Crippen molar-refractivity contribution in [1.82, 2.24) is 0 Å². The number of ether oxygens (including phenoxy) is 2. The summed E-state index contributed by atoms with van der Waals surface area (Å²) in [6.07, 6.45) is 1.93. The van der Waals surface area contributed by atoms with Gasteiger partial charge in [0.05, 0.1) is 0 Å². The molecule has 0 saturated heterocycles. The average Bonchev–Trinajstić information content (AvgIpc) is 2.19. The van der Waals surface area contributed by atoms with Gasteiger partial charge in [-0.25, -0.2) is 0 Å².